The molecule has 2 aromatic heterocycles. The molecule has 0 spiro atoms. The van der Waals surface area contributed by atoms with Gasteiger partial charge >= 0.3 is 0 Å². The molecular weight excluding hydrogens is 164 g/mol. The maximum Gasteiger partial charge on any atom is 0.152 e. The molecule has 0 aromatic carbocycles. The van der Waals surface area contributed by atoms with Crippen LogP contribution in [0.4, 0.5) is 0 Å². The van der Waals surface area contributed by atoms with E-state index in [-0.39, 0.29) is 0 Å². The molecule has 0 unspecified atom stereocenters. The van der Waals surface area contributed by atoms with Gasteiger partial charge in [0.15, 0.2) is 6.29 Å². The molecule has 0 saturated heterocycles. The van der Waals surface area contributed by atoms with Crippen LogP contribution in [-0.2, 0) is 7.05 Å². The van der Waals surface area contributed by atoms with Gasteiger partial charge in [-0.15, -0.1) is 0 Å². The second kappa shape index (κ2) is 2.69. The lowest BCUT2D eigenvalue weighted by Gasteiger charge is -1.95. The van der Waals surface area contributed by atoms with Gasteiger partial charge in [-0.05, 0) is 19.1 Å². The van der Waals surface area contributed by atoms with E-state index in [1.54, 1.807) is 6.20 Å². The van der Waals surface area contributed by atoms with Gasteiger partial charge in [0.1, 0.15) is 5.65 Å². The molecule has 0 radical (unpaired) electrons. The van der Waals surface area contributed by atoms with Gasteiger partial charge in [-0.3, -0.25) is 4.79 Å². The molecule has 0 amide bonds. The van der Waals surface area contributed by atoms with Crippen LogP contribution in [0.3, 0.4) is 0 Å². The number of carbonyl (C=O) groups excluding carboxylic acids is 1. The van der Waals surface area contributed by atoms with E-state index in [4.69, 9.17) is 0 Å². The van der Waals surface area contributed by atoms with Gasteiger partial charge in [0.05, 0.1) is 0 Å². The van der Waals surface area contributed by atoms with Crippen molar-refractivity contribution in [2.45, 2.75) is 6.92 Å². The van der Waals surface area contributed by atoms with Gasteiger partial charge in [0.2, 0.25) is 0 Å². The van der Waals surface area contributed by atoms with Crippen molar-refractivity contribution in [3.05, 3.63) is 29.6 Å². The third-order valence-electron chi connectivity index (χ3n) is 2.12. The Morgan fingerprint density at radius 3 is 2.92 bits per heavy atom. The molecule has 2 heterocycles. The minimum absolute atomic E-state index is 0.699. The van der Waals surface area contributed by atoms with Crippen LogP contribution in [0.25, 0.3) is 11.0 Å². The van der Waals surface area contributed by atoms with Crippen molar-refractivity contribution in [2.24, 2.45) is 7.05 Å². The summed E-state index contributed by atoms with van der Waals surface area (Å²) in [5.74, 6) is 0. The zero-order valence-electron chi connectivity index (χ0n) is 7.61. The molecule has 0 aliphatic carbocycles. The molecule has 3 heteroatoms. The van der Waals surface area contributed by atoms with Gasteiger partial charge in [0.25, 0.3) is 0 Å². The number of aromatic nitrogens is 2. The van der Waals surface area contributed by atoms with E-state index in [1.165, 1.54) is 0 Å². The molecule has 0 fully saturated rings. The van der Waals surface area contributed by atoms with E-state index >= 15 is 0 Å². The maximum atomic E-state index is 10.7. The first-order valence-corrected chi connectivity index (χ1v) is 4.10. The Balaban J connectivity index is 2.88. The summed E-state index contributed by atoms with van der Waals surface area (Å²) in [6.45, 7) is 1.94. The number of aldehydes is 1. The third-order valence-corrected chi connectivity index (χ3v) is 2.12. The van der Waals surface area contributed by atoms with E-state index in [9.17, 15) is 4.79 Å². The highest BCUT2D eigenvalue weighted by atomic mass is 16.1. The normalized spacial score (nSPS) is 10.6. The largest absolute Gasteiger partial charge is 0.335 e. The van der Waals surface area contributed by atoms with Gasteiger partial charge in [0, 0.05) is 29.9 Å². The first kappa shape index (κ1) is 7.98. The number of carbonyl (C=O) groups is 1. The Hall–Kier alpha value is -1.64. The van der Waals surface area contributed by atoms with Crippen molar-refractivity contribution in [2.75, 3.05) is 0 Å². The SMILES string of the molecule is Cc1ccc2c(C=O)cn(C)c2n1. The Morgan fingerprint density at radius 2 is 2.23 bits per heavy atom. The summed E-state index contributed by atoms with van der Waals surface area (Å²) in [5.41, 5.74) is 2.53. The van der Waals surface area contributed by atoms with Crippen LogP contribution in [0.2, 0.25) is 0 Å². The quantitative estimate of drug-likeness (QED) is 0.617. The van der Waals surface area contributed by atoms with Gasteiger partial charge in [-0.25, -0.2) is 4.98 Å². The Labute approximate surface area is 76.0 Å². The minimum Gasteiger partial charge on any atom is -0.335 e. The maximum absolute atomic E-state index is 10.7. The van der Waals surface area contributed by atoms with Gasteiger partial charge < -0.3 is 4.57 Å². The first-order chi connectivity index (χ1) is 6.22. The fourth-order valence-electron chi connectivity index (χ4n) is 1.47. The van der Waals surface area contributed by atoms with Crippen LogP contribution in [0.15, 0.2) is 18.3 Å². The Bertz CT molecular complexity index is 471. The second-order valence-electron chi connectivity index (χ2n) is 3.14. The highest BCUT2D eigenvalue weighted by molar-refractivity contribution is 5.95. The smallest absolute Gasteiger partial charge is 0.152 e. The molecule has 0 aliphatic heterocycles. The summed E-state index contributed by atoms with van der Waals surface area (Å²) >= 11 is 0. The van der Waals surface area contributed by atoms with Crippen molar-refractivity contribution in [3.8, 4) is 0 Å². The van der Waals surface area contributed by atoms with Crippen molar-refractivity contribution in [1.82, 2.24) is 9.55 Å². The van der Waals surface area contributed by atoms with Crippen LogP contribution in [0.1, 0.15) is 16.1 Å². The summed E-state index contributed by atoms with van der Waals surface area (Å²) in [5, 5.41) is 0.920. The number of hydrogen-bond donors (Lipinski definition) is 0. The van der Waals surface area contributed by atoms with Crippen LogP contribution in [0, 0.1) is 6.92 Å². The Kier molecular flexibility index (Phi) is 1.65. The lowest BCUT2D eigenvalue weighted by atomic mass is 10.2. The lowest BCUT2D eigenvalue weighted by molar-refractivity contribution is 0.112. The van der Waals surface area contributed by atoms with Crippen LogP contribution in [-0.4, -0.2) is 15.8 Å². The fraction of sp³-hybridized carbons (Fsp3) is 0.200. The molecule has 66 valence electrons. The fourth-order valence-corrected chi connectivity index (χ4v) is 1.47. The highest BCUT2D eigenvalue weighted by Gasteiger charge is 2.05. The number of hydrogen-bond acceptors (Lipinski definition) is 2. The number of nitrogens with zero attached hydrogens (tertiary/aromatic N) is 2. The van der Waals surface area contributed by atoms with Crippen molar-refractivity contribution in [1.29, 1.82) is 0 Å². The first-order valence-electron chi connectivity index (χ1n) is 4.10. The molecule has 0 atom stereocenters. The molecule has 2 rings (SSSR count). The van der Waals surface area contributed by atoms with Gasteiger partial charge in [-0.2, -0.15) is 0 Å². The van der Waals surface area contributed by atoms with E-state index in [1.807, 2.05) is 30.7 Å². The molecule has 2 aromatic rings. The number of aryl methyl sites for hydroxylation is 2. The molecule has 13 heavy (non-hydrogen) atoms. The predicted molar refractivity (Wildman–Crippen MR) is 50.8 cm³/mol. The van der Waals surface area contributed by atoms with E-state index < -0.39 is 0 Å². The minimum atomic E-state index is 0.699. The van der Waals surface area contributed by atoms with E-state index in [2.05, 4.69) is 4.98 Å². The summed E-state index contributed by atoms with van der Waals surface area (Å²) in [6.07, 6.45) is 2.66. The van der Waals surface area contributed by atoms with Gasteiger partial charge in [-0.1, -0.05) is 0 Å². The summed E-state index contributed by atoms with van der Waals surface area (Å²) in [6, 6.07) is 3.84. The predicted octanol–water partition coefficient (Wildman–Crippen LogP) is 1.69. The summed E-state index contributed by atoms with van der Waals surface area (Å²) in [7, 11) is 1.89. The lowest BCUT2D eigenvalue weighted by Crippen LogP contribution is -1.88. The molecular formula is C10H10N2O. The molecule has 3 nitrogen and oxygen atoms in total. The zero-order valence-corrected chi connectivity index (χ0v) is 7.61. The standard InChI is InChI=1S/C10H10N2O/c1-7-3-4-9-8(6-13)5-12(2)10(9)11-7/h3-6H,1-2H3. The second-order valence-corrected chi connectivity index (χ2v) is 3.14. The molecule has 0 aliphatic rings. The molecule has 0 bridgehead atoms. The summed E-state index contributed by atoms with van der Waals surface area (Å²) < 4.78 is 1.87. The number of rotatable bonds is 1. The molecule has 0 N–H and O–H groups in total. The zero-order chi connectivity index (χ0) is 9.42. The van der Waals surface area contributed by atoms with Crippen molar-refractivity contribution < 1.29 is 4.79 Å². The molecule has 0 saturated carbocycles. The Morgan fingerprint density at radius 1 is 1.46 bits per heavy atom. The van der Waals surface area contributed by atoms with Crippen molar-refractivity contribution in [3.63, 3.8) is 0 Å². The van der Waals surface area contributed by atoms with Crippen LogP contribution >= 0.6 is 0 Å². The number of pyridine rings is 1. The average molecular weight is 174 g/mol. The average Bonchev–Trinajstić information content (AvgIpc) is 2.43. The third kappa shape index (κ3) is 1.13. The van der Waals surface area contributed by atoms with E-state index in [0.717, 1.165) is 23.0 Å². The van der Waals surface area contributed by atoms with Crippen LogP contribution < -0.4 is 0 Å². The topological polar surface area (TPSA) is 34.9 Å². The highest BCUT2D eigenvalue weighted by Crippen LogP contribution is 2.17. The van der Waals surface area contributed by atoms with E-state index in [0.29, 0.717) is 5.56 Å². The van der Waals surface area contributed by atoms with Crippen molar-refractivity contribution >= 4 is 17.3 Å². The van der Waals surface area contributed by atoms with Crippen LogP contribution in [0.5, 0.6) is 0 Å². The monoisotopic (exact) mass is 174 g/mol. The number of fused-ring (bicyclic) bond motifs is 1. The summed E-state index contributed by atoms with van der Waals surface area (Å²) in [4.78, 5) is 15.0.